The van der Waals surface area contributed by atoms with Crippen LogP contribution in [-0.4, -0.2) is 0 Å². The van der Waals surface area contributed by atoms with Crippen LogP contribution in [0, 0.1) is 0 Å². The number of halogens is 8. The summed E-state index contributed by atoms with van der Waals surface area (Å²) in [6.45, 7) is 0. The van der Waals surface area contributed by atoms with E-state index in [-0.39, 0.29) is 20.1 Å². The third-order valence-corrected chi connectivity index (χ3v) is 8.83. The summed E-state index contributed by atoms with van der Waals surface area (Å²) in [7, 11) is 0. The van der Waals surface area contributed by atoms with E-state index in [0.717, 1.165) is 43.1 Å². The van der Waals surface area contributed by atoms with Gasteiger partial charge in [-0.3, -0.25) is 0 Å². The molecule has 0 aliphatic heterocycles. The predicted octanol–water partition coefficient (Wildman–Crippen LogP) is 11.5. The number of rotatable bonds is 0. The Morgan fingerprint density at radius 1 is 0.267 bits per heavy atom. The van der Waals surface area contributed by atoms with E-state index in [1.54, 1.807) is 0 Å². The van der Waals surface area contributed by atoms with Gasteiger partial charge < -0.3 is 0 Å². The van der Waals surface area contributed by atoms with Crippen LogP contribution in [0.5, 0.6) is 0 Å². The zero-order valence-corrected chi connectivity index (χ0v) is 20.5. The number of benzene rings is 5. The smallest absolute Gasteiger partial charge is 0.0800 e. The monoisotopic (exact) mass is 550 g/mol. The van der Waals surface area contributed by atoms with Crippen molar-refractivity contribution in [3.05, 3.63) is 76.6 Å². The van der Waals surface area contributed by atoms with E-state index in [9.17, 15) is 0 Å². The third-order valence-electron chi connectivity index (χ3n) is 5.17. The second kappa shape index (κ2) is 7.51. The molecular weight excluding hydrogens is 548 g/mol. The fraction of sp³-hybridized carbons (Fsp3) is 0. The normalized spacial score (nSPS) is 12.0. The van der Waals surface area contributed by atoms with Crippen LogP contribution < -0.4 is 0 Å². The van der Waals surface area contributed by atoms with Crippen molar-refractivity contribution in [1.82, 2.24) is 0 Å². The summed E-state index contributed by atoms with van der Waals surface area (Å²) in [6, 6.07) is 11.8. The minimum atomic E-state index is 0.231. The van der Waals surface area contributed by atoms with Gasteiger partial charge in [-0.05, 0) is 57.9 Å². The van der Waals surface area contributed by atoms with Crippen molar-refractivity contribution in [2.75, 3.05) is 0 Å². The van der Waals surface area contributed by atoms with Gasteiger partial charge >= 0.3 is 0 Å². The van der Waals surface area contributed by atoms with Gasteiger partial charge in [0, 0.05) is 21.5 Å². The highest BCUT2D eigenvalue weighted by molar-refractivity contribution is 6.56. The summed E-state index contributed by atoms with van der Waals surface area (Å²) in [6.07, 6.45) is 0. The molecule has 0 amide bonds. The molecule has 0 saturated carbocycles. The molecule has 0 fully saturated rings. The molecular formula is C22H6Cl8. The van der Waals surface area contributed by atoms with Crippen LogP contribution in [0.4, 0.5) is 0 Å². The first kappa shape index (κ1) is 21.3. The molecule has 0 aromatic heterocycles. The zero-order chi connectivity index (χ0) is 21.5. The van der Waals surface area contributed by atoms with Crippen LogP contribution in [0.3, 0.4) is 0 Å². The third kappa shape index (κ3) is 3.04. The van der Waals surface area contributed by atoms with Gasteiger partial charge in [0.2, 0.25) is 0 Å². The van der Waals surface area contributed by atoms with Crippen molar-refractivity contribution in [1.29, 1.82) is 0 Å². The molecule has 8 heteroatoms. The van der Waals surface area contributed by atoms with E-state index in [4.69, 9.17) is 92.8 Å². The molecule has 5 aromatic rings. The molecule has 0 aliphatic carbocycles. The molecule has 0 bridgehead atoms. The summed E-state index contributed by atoms with van der Waals surface area (Å²) in [5.74, 6) is 0. The Bertz CT molecular complexity index is 1340. The van der Waals surface area contributed by atoms with Crippen LogP contribution in [0.25, 0.3) is 43.1 Å². The highest BCUT2D eigenvalue weighted by Crippen LogP contribution is 2.46. The molecule has 0 radical (unpaired) electrons. The minimum absolute atomic E-state index is 0.231. The highest BCUT2D eigenvalue weighted by Gasteiger charge is 2.18. The topological polar surface area (TPSA) is 0 Å². The van der Waals surface area contributed by atoms with Gasteiger partial charge in [-0.1, -0.05) is 92.8 Å². The Morgan fingerprint density at radius 3 is 0.667 bits per heavy atom. The summed E-state index contributed by atoms with van der Waals surface area (Å²) in [5, 5.41) is 9.06. The van der Waals surface area contributed by atoms with Gasteiger partial charge in [0.15, 0.2) is 0 Å². The van der Waals surface area contributed by atoms with E-state index in [1.165, 1.54) is 0 Å². The molecule has 0 unspecified atom stereocenters. The van der Waals surface area contributed by atoms with Crippen LogP contribution in [0.2, 0.25) is 40.2 Å². The van der Waals surface area contributed by atoms with E-state index in [1.807, 2.05) is 36.4 Å². The maximum atomic E-state index is 6.44. The van der Waals surface area contributed by atoms with Crippen molar-refractivity contribution in [2.45, 2.75) is 0 Å². The summed E-state index contributed by atoms with van der Waals surface area (Å²) in [5.41, 5.74) is 0. The van der Waals surface area contributed by atoms with Crippen LogP contribution in [0.1, 0.15) is 0 Å². The zero-order valence-electron chi connectivity index (χ0n) is 14.5. The highest BCUT2D eigenvalue weighted by atomic mass is 35.5. The van der Waals surface area contributed by atoms with Crippen molar-refractivity contribution in [3.8, 4) is 0 Å². The predicted molar refractivity (Wildman–Crippen MR) is 137 cm³/mol. The van der Waals surface area contributed by atoms with E-state index in [2.05, 4.69) is 0 Å². The quantitative estimate of drug-likeness (QED) is 0.102. The Balaban J connectivity index is 1.93. The molecule has 5 aromatic carbocycles. The van der Waals surface area contributed by atoms with Crippen molar-refractivity contribution in [2.24, 2.45) is 0 Å². The summed E-state index contributed by atoms with van der Waals surface area (Å²) < 4.78 is 0. The lowest BCUT2D eigenvalue weighted by atomic mass is 9.97. The fourth-order valence-electron chi connectivity index (χ4n) is 3.69. The first-order valence-corrected chi connectivity index (χ1v) is 11.5. The molecule has 0 heterocycles. The van der Waals surface area contributed by atoms with Crippen molar-refractivity contribution < 1.29 is 0 Å². The number of hydrogen-bond donors (Lipinski definition) is 0. The van der Waals surface area contributed by atoms with Crippen LogP contribution in [0.15, 0.2) is 36.4 Å². The number of fused-ring (bicyclic) bond motifs is 4. The summed E-state index contributed by atoms with van der Waals surface area (Å²) >= 11 is 50.7. The lowest BCUT2D eigenvalue weighted by molar-refractivity contribution is 1.76. The fourth-order valence-corrected chi connectivity index (χ4v) is 5.67. The second-order valence-electron chi connectivity index (χ2n) is 6.85. The maximum Gasteiger partial charge on any atom is 0.0800 e. The molecule has 0 atom stereocenters. The Kier molecular flexibility index (Phi) is 5.33. The van der Waals surface area contributed by atoms with Crippen molar-refractivity contribution >= 4 is 136 Å². The Labute approximate surface area is 211 Å². The van der Waals surface area contributed by atoms with Gasteiger partial charge in [0.05, 0.1) is 40.2 Å². The lowest BCUT2D eigenvalue weighted by Crippen LogP contribution is -1.86. The van der Waals surface area contributed by atoms with Crippen LogP contribution >= 0.6 is 92.8 Å². The van der Waals surface area contributed by atoms with Gasteiger partial charge in [0.25, 0.3) is 0 Å². The average molecular weight is 554 g/mol. The van der Waals surface area contributed by atoms with Gasteiger partial charge in [-0.25, -0.2) is 0 Å². The molecule has 150 valence electrons. The SMILES string of the molecule is Clc1c(Cl)c(Cl)c2cc3cc4cc5c(Cl)c(Cl)c(Cl)c(Cl)c5cc4cc3cc2c1Cl. The molecule has 0 spiro atoms. The van der Waals surface area contributed by atoms with Gasteiger partial charge in [-0.15, -0.1) is 0 Å². The Hall–Kier alpha value is -0.540. The average Bonchev–Trinajstić information content (AvgIpc) is 2.75. The molecule has 0 nitrogen and oxygen atoms in total. The lowest BCUT2D eigenvalue weighted by Gasteiger charge is -2.13. The maximum absolute atomic E-state index is 6.44. The molecule has 30 heavy (non-hydrogen) atoms. The van der Waals surface area contributed by atoms with E-state index >= 15 is 0 Å². The molecule has 0 N–H and O–H groups in total. The molecule has 0 aliphatic rings. The van der Waals surface area contributed by atoms with Gasteiger partial charge in [0.1, 0.15) is 0 Å². The summed E-state index contributed by atoms with van der Waals surface area (Å²) in [4.78, 5) is 0. The molecule has 0 saturated heterocycles. The van der Waals surface area contributed by atoms with E-state index < -0.39 is 0 Å². The first-order chi connectivity index (χ1) is 14.2. The standard InChI is InChI=1S/C22H6Cl8/c23-15-11-3-7-1-8-4-12-14(18(26)22(30)20(28)16(12)24)6-10(8)2-9(7)5-13(11)17(25)21(29)19(15)27/h1-6H. The van der Waals surface area contributed by atoms with Gasteiger partial charge in [-0.2, -0.15) is 0 Å². The van der Waals surface area contributed by atoms with Crippen molar-refractivity contribution in [3.63, 3.8) is 0 Å². The minimum Gasteiger partial charge on any atom is -0.0820 e. The molecule has 5 rings (SSSR count). The van der Waals surface area contributed by atoms with E-state index in [0.29, 0.717) is 20.1 Å². The van der Waals surface area contributed by atoms with Crippen LogP contribution in [-0.2, 0) is 0 Å². The first-order valence-electron chi connectivity index (χ1n) is 8.48. The second-order valence-corrected chi connectivity index (χ2v) is 9.88. The largest absolute Gasteiger partial charge is 0.0820 e. The Morgan fingerprint density at radius 2 is 0.467 bits per heavy atom. The number of hydrogen-bond acceptors (Lipinski definition) is 0.